The standard InChI is InChI=1S/C15H28O2Si/c1-15(2,3)18(4,5)17-14-12-9-7-6-8-11(12)10-13(14)16/h11-12,14H,6-10H2,1-5H3. The molecule has 2 nitrogen and oxygen atoms in total. The molecule has 0 aromatic rings. The minimum absolute atomic E-state index is 0.0730. The topological polar surface area (TPSA) is 26.3 Å². The quantitative estimate of drug-likeness (QED) is 0.703. The third-order valence-corrected chi connectivity index (χ3v) is 9.82. The van der Waals surface area contributed by atoms with Crippen molar-refractivity contribution < 1.29 is 9.22 Å². The third kappa shape index (κ3) is 2.57. The molecule has 2 aliphatic rings. The fourth-order valence-electron chi connectivity index (χ4n) is 3.15. The van der Waals surface area contributed by atoms with E-state index in [-0.39, 0.29) is 11.1 Å². The molecule has 0 aliphatic heterocycles. The molecule has 0 spiro atoms. The van der Waals surface area contributed by atoms with Crippen LogP contribution in [0.15, 0.2) is 0 Å². The van der Waals surface area contributed by atoms with Gasteiger partial charge in [0.25, 0.3) is 0 Å². The van der Waals surface area contributed by atoms with Crippen molar-refractivity contribution in [3.05, 3.63) is 0 Å². The van der Waals surface area contributed by atoms with E-state index in [9.17, 15) is 4.79 Å². The molecule has 0 bridgehead atoms. The van der Waals surface area contributed by atoms with E-state index in [1.54, 1.807) is 0 Å². The Labute approximate surface area is 113 Å². The highest BCUT2D eigenvalue weighted by atomic mass is 28.4. The molecule has 0 N–H and O–H groups in total. The monoisotopic (exact) mass is 268 g/mol. The zero-order chi connectivity index (χ0) is 13.6. The van der Waals surface area contributed by atoms with E-state index in [2.05, 4.69) is 33.9 Å². The Morgan fingerprint density at radius 1 is 1.17 bits per heavy atom. The molecule has 3 unspecified atom stereocenters. The van der Waals surface area contributed by atoms with E-state index < -0.39 is 8.32 Å². The molecule has 0 saturated heterocycles. The van der Waals surface area contributed by atoms with Crippen molar-refractivity contribution in [3.8, 4) is 0 Å². The van der Waals surface area contributed by atoms with E-state index in [1.807, 2.05) is 0 Å². The fraction of sp³-hybridized carbons (Fsp3) is 0.933. The summed E-state index contributed by atoms with van der Waals surface area (Å²) in [5.74, 6) is 1.54. The van der Waals surface area contributed by atoms with Gasteiger partial charge in [-0.2, -0.15) is 0 Å². The molecule has 0 heterocycles. The molecule has 18 heavy (non-hydrogen) atoms. The number of carbonyl (C=O) groups excluding carboxylic acids is 1. The average Bonchev–Trinajstić information content (AvgIpc) is 2.54. The van der Waals surface area contributed by atoms with Crippen LogP contribution >= 0.6 is 0 Å². The van der Waals surface area contributed by atoms with Crippen LogP contribution in [0.2, 0.25) is 18.1 Å². The minimum Gasteiger partial charge on any atom is -0.407 e. The number of hydrogen-bond donors (Lipinski definition) is 0. The summed E-state index contributed by atoms with van der Waals surface area (Å²) in [6.07, 6.45) is 5.75. The Balaban J connectivity index is 2.11. The molecule has 0 amide bonds. The lowest BCUT2D eigenvalue weighted by atomic mass is 9.81. The number of carbonyl (C=O) groups is 1. The first-order chi connectivity index (χ1) is 8.22. The minimum atomic E-state index is -1.81. The van der Waals surface area contributed by atoms with Gasteiger partial charge in [0.1, 0.15) is 6.10 Å². The van der Waals surface area contributed by atoms with E-state index >= 15 is 0 Å². The zero-order valence-electron chi connectivity index (χ0n) is 12.6. The van der Waals surface area contributed by atoms with Crippen molar-refractivity contribution >= 4 is 14.1 Å². The first kappa shape index (κ1) is 14.3. The third-order valence-electron chi connectivity index (χ3n) is 5.37. The van der Waals surface area contributed by atoms with Crippen LogP contribution in [0.3, 0.4) is 0 Å². The molecule has 0 aromatic heterocycles. The van der Waals surface area contributed by atoms with Gasteiger partial charge in [-0.3, -0.25) is 4.79 Å². The van der Waals surface area contributed by atoms with Gasteiger partial charge in [-0.15, -0.1) is 0 Å². The van der Waals surface area contributed by atoms with Crippen molar-refractivity contribution in [1.82, 2.24) is 0 Å². The smallest absolute Gasteiger partial charge is 0.193 e. The summed E-state index contributed by atoms with van der Waals surface area (Å²) in [6, 6.07) is 0. The van der Waals surface area contributed by atoms with Crippen LogP contribution in [0.1, 0.15) is 52.9 Å². The number of hydrogen-bond acceptors (Lipinski definition) is 2. The Morgan fingerprint density at radius 3 is 2.39 bits per heavy atom. The van der Waals surface area contributed by atoms with E-state index in [0.29, 0.717) is 17.6 Å². The normalized spacial score (nSPS) is 33.6. The summed E-state index contributed by atoms with van der Waals surface area (Å²) < 4.78 is 6.43. The first-order valence-electron chi connectivity index (χ1n) is 7.43. The predicted molar refractivity (Wildman–Crippen MR) is 77.1 cm³/mol. The summed E-state index contributed by atoms with van der Waals surface area (Å²) in [7, 11) is -1.81. The summed E-state index contributed by atoms with van der Waals surface area (Å²) in [5, 5.41) is 0.194. The van der Waals surface area contributed by atoms with Gasteiger partial charge in [0, 0.05) is 6.42 Å². The molecule has 3 heteroatoms. The lowest BCUT2D eigenvalue weighted by Gasteiger charge is -2.40. The largest absolute Gasteiger partial charge is 0.407 e. The van der Waals surface area contributed by atoms with Crippen LogP contribution in [-0.4, -0.2) is 20.2 Å². The van der Waals surface area contributed by atoms with Crippen LogP contribution in [0.4, 0.5) is 0 Å². The fourth-order valence-corrected chi connectivity index (χ4v) is 4.44. The zero-order valence-corrected chi connectivity index (χ0v) is 13.6. The Bertz CT molecular complexity index is 330. The van der Waals surface area contributed by atoms with E-state index in [1.165, 1.54) is 25.7 Å². The van der Waals surface area contributed by atoms with Gasteiger partial charge in [0.05, 0.1) is 0 Å². The lowest BCUT2D eigenvalue weighted by molar-refractivity contribution is -0.124. The molecule has 2 aliphatic carbocycles. The maximum Gasteiger partial charge on any atom is 0.193 e. The number of rotatable bonds is 2. The Hall–Kier alpha value is -0.153. The van der Waals surface area contributed by atoms with Crippen LogP contribution in [0.25, 0.3) is 0 Å². The summed E-state index contributed by atoms with van der Waals surface area (Å²) in [5.41, 5.74) is 0. The van der Waals surface area contributed by atoms with Crippen molar-refractivity contribution in [2.75, 3.05) is 0 Å². The molecule has 2 fully saturated rings. The Kier molecular flexibility index (Phi) is 3.76. The van der Waals surface area contributed by atoms with Gasteiger partial charge in [0.2, 0.25) is 0 Å². The van der Waals surface area contributed by atoms with Gasteiger partial charge in [0.15, 0.2) is 14.1 Å². The van der Waals surface area contributed by atoms with Gasteiger partial charge in [-0.25, -0.2) is 0 Å². The summed E-state index contributed by atoms with van der Waals surface area (Å²) >= 11 is 0. The summed E-state index contributed by atoms with van der Waals surface area (Å²) in [4.78, 5) is 12.2. The van der Waals surface area contributed by atoms with Crippen LogP contribution in [-0.2, 0) is 9.22 Å². The maximum absolute atomic E-state index is 12.2. The highest BCUT2D eigenvalue weighted by Gasteiger charge is 2.48. The first-order valence-corrected chi connectivity index (χ1v) is 10.3. The SMILES string of the molecule is CC(C)(C)[Si](C)(C)OC1C(=O)CC2CCCCC21. The average molecular weight is 268 g/mol. The lowest BCUT2D eigenvalue weighted by Crippen LogP contribution is -2.47. The van der Waals surface area contributed by atoms with Crippen molar-refractivity contribution in [3.63, 3.8) is 0 Å². The second-order valence-corrected chi connectivity index (χ2v) is 12.4. The van der Waals surface area contributed by atoms with Gasteiger partial charge >= 0.3 is 0 Å². The van der Waals surface area contributed by atoms with Crippen LogP contribution in [0.5, 0.6) is 0 Å². The molecule has 0 aromatic carbocycles. The second kappa shape index (κ2) is 4.75. The summed E-state index contributed by atoms with van der Waals surface area (Å²) in [6.45, 7) is 11.3. The number of ketones is 1. The van der Waals surface area contributed by atoms with Crippen molar-refractivity contribution in [1.29, 1.82) is 0 Å². The molecule has 0 radical (unpaired) electrons. The number of Topliss-reactive ketones (excluding diaryl/α,β-unsaturated/α-hetero) is 1. The van der Waals surface area contributed by atoms with E-state index in [0.717, 1.165) is 6.42 Å². The van der Waals surface area contributed by atoms with Gasteiger partial charge in [-0.05, 0) is 42.8 Å². The van der Waals surface area contributed by atoms with Crippen LogP contribution in [0, 0.1) is 11.8 Å². The van der Waals surface area contributed by atoms with Gasteiger partial charge in [-0.1, -0.05) is 33.6 Å². The highest BCUT2D eigenvalue weighted by molar-refractivity contribution is 6.74. The molecule has 2 rings (SSSR count). The molecular weight excluding hydrogens is 240 g/mol. The molecule has 104 valence electrons. The predicted octanol–water partition coefficient (Wildman–Crippen LogP) is 4.16. The van der Waals surface area contributed by atoms with Crippen molar-refractivity contribution in [2.24, 2.45) is 11.8 Å². The highest BCUT2D eigenvalue weighted by Crippen LogP contribution is 2.45. The molecule has 3 atom stereocenters. The molecule has 2 saturated carbocycles. The molecular formula is C15H28O2Si. The second-order valence-electron chi connectivity index (χ2n) is 7.68. The number of fused-ring (bicyclic) bond motifs is 1. The van der Waals surface area contributed by atoms with Crippen molar-refractivity contribution in [2.45, 2.75) is 77.1 Å². The van der Waals surface area contributed by atoms with Gasteiger partial charge < -0.3 is 4.43 Å². The Morgan fingerprint density at radius 2 is 1.78 bits per heavy atom. The van der Waals surface area contributed by atoms with Crippen LogP contribution < -0.4 is 0 Å². The van der Waals surface area contributed by atoms with E-state index in [4.69, 9.17) is 4.43 Å². The maximum atomic E-state index is 12.2.